The number of fused-ring (bicyclic) bond motifs is 6. The molecular weight excluding hydrogens is 601 g/mol. The molecule has 49 heavy (non-hydrogen) atoms. The van der Waals surface area contributed by atoms with Gasteiger partial charge in [0.15, 0.2) is 11.7 Å². The Morgan fingerprint density at radius 2 is 1.14 bits per heavy atom. The number of amidine groups is 2. The summed E-state index contributed by atoms with van der Waals surface area (Å²) >= 11 is 0. The average Bonchev–Trinajstić information content (AvgIpc) is 3.71. The van der Waals surface area contributed by atoms with Gasteiger partial charge in [-0.05, 0) is 41.0 Å². The van der Waals surface area contributed by atoms with Crippen molar-refractivity contribution < 1.29 is 4.42 Å². The van der Waals surface area contributed by atoms with Crippen molar-refractivity contribution in [3.05, 3.63) is 181 Å². The van der Waals surface area contributed by atoms with E-state index in [9.17, 15) is 5.41 Å². The highest BCUT2D eigenvalue weighted by Crippen LogP contribution is 2.38. The number of hydrogen-bond donors (Lipinski definition) is 2. The van der Waals surface area contributed by atoms with Crippen molar-refractivity contribution >= 4 is 55.4 Å². The van der Waals surface area contributed by atoms with Gasteiger partial charge in [-0.15, -0.1) is 0 Å². The van der Waals surface area contributed by atoms with Crippen molar-refractivity contribution in [3.63, 3.8) is 0 Å². The predicted octanol–water partition coefficient (Wildman–Crippen LogP) is 11.0. The van der Waals surface area contributed by atoms with Gasteiger partial charge in [-0.1, -0.05) is 146 Å². The molecule has 0 saturated carbocycles. The number of rotatable bonds is 5. The van der Waals surface area contributed by atoms with Gasteiger partial charge < -0.3 is 4.42 Å². The van der Waals surface area contributed by atoms with Crippen LogP contribution in [0.15, 0.2) is 179 Å². The Balaban J connectivity index is 1.24. The van der Waals surface area contributed by atoms with E-state index in [2.05, 4.69) is 101 Å². The van der Waals surface area contributed by atoms with Crippen LogP contribution in [0.5, 0.6) is 0 Å². The fourth-order valence-corrected chi connectivity index (χ4v) is 6.85. The quantitative estimate of drug-likeness (QED) is 0.147. The lowest BCUT2D eigenvalue weighted by atomic mass is 9.97. The molecule has 0 aliphatic heterocycles. The number of para-hydroxylation sites is 3. The molecule has 0 aliphatic carbocycles. The van der Waals surface area contributed by atoms with E-state index in [0.717, 1.165) is 71.6 Å². The third-order valence-corrected chi connectivity index (χ3v) is 9.10. The molecule has 2 N–H and O–H groups in total. The molecule has 0 saturated heterocycles. The number of benzene rings is 7. The van der Waals surface area contributed by atoms with Crippen LogP contribution in [-0.4, -0.2) is 16.3 Å². The minimum absolute atomic E-state index is 0.120. The molecule has 0 atom stereocenters. The Morgan fingerprint density at radius 1 is 0.531 bits per heavy atom. The minimum Gasteiger partial charge on any atom is -0.456 e. The molecule has 0 amide bonds. The number of nitrogens with zero attached hydrogens (tertiary/aromatic N) is 2. The van der Waals surface area contributed by atoms with Crippen LogP contribution in [0.4, 0.5) is 0 Å². The summed E-state index contributed by atoms with van der Waals surface area (Å²) in [4.78, 5) is 5.03. The summed E-state index contributed by atoms with van der Waals surface area (Å²) in [5, 5.41) is 13.8. The Morgan fingerprint density at radius 3 is 1.90 bits per heavy atom. The SMILES string of the molecule is N=C(N=C(Nn1c2ccccc2c2cccc(-c3ccccc3)c21)c1ccccc1)c1cc(-c2ccccc2)c2c(c1)oc1ccccc12. The van der Waals surface area contributed by atoms with Crippen molar-refractivity contribution in [2.24, 2.45) is 4.99 Å². The number of hydrogen-bond acceptors (Lipinski definition) is 2. The normalized spacial score (nSPS) is 11.9. The molecule has 9 aromatic rings. The first kappa shape index (κ1) is 28.5. The van der Waals surface area contributed by atoms with Gasteiger partial charge >= 0.3 is 0 Å². The molecule has 5 nitrogen and oxygen atoms in total. The molecule has 9 rings (SSSR count). The lowest BCUT2D eigenvalue weighted by Crippen LogP contribution is -2.25. The maximum absolute atomic E-state index is 9.43. The van der Waals surface area contributed by atoms with Gasteiger partial charge in [-0.2, -0.15) is 0 Å². The second-order valence-corrected chi connectivity index (χ2v) is 12.1. The van der Waals surface area contributed by atoms with E-state index >= 15 is 0 Å². The second-order valence-electron chi connectivity index (χ2n) is 12.1. The summed E-state index contributed by atoms with van der Waals surface area (Å²) in [6.45, 7) is 0. The fourth-order valence-electron chi connectivity index (χ4n) is 6.85. The molecule has 5 heteroatoms. The van der Waals surface area contributed by atoms with Crippen LogP contribution in [0.25, 0.3) is 66.0 Å². The van der Waals surface area contributed by atoms with Crippen LogP contribution in [0.3, 0.4) is 0 Å². The Hall–Kier alpha value is -6.72. The summed E-state index contributed by atoms with van der Waals surface area (Å²) < 4.78 is 8.48. The van der Waals surface area contributed by atoms with E-state index in [4.69, 9.17) is 9.41 Å². The first-order valence-corrected chi connectivity index (χ1v) is 16.3. The van der Waals surface area contributed by atoms with Crippen LogP contribution < -0.4 is 5.43 Å². The van der Waals surface area contributed by atoms with E-state index in [1.807, 2.05) is 78.9 Å². The third kappa shape index (κ3) is 4.96. The van der Waals surface area contributed by atoms with Crippen LogP contribution in [0, 0.1) is 5.41 Å². The van der Waals surface area contributed by atoms with Gasteiger partial charge in [0.1, 0.15) is 11.2 Å². The maximum Gasteiger partial charge on any atom is 0.154 e. The van der Waals surface area contributed by atoms with Crippen molar-refractivity contribution in [1.82, 2.24) is 4.68 Å². The van der Waals surface area contributed by atoms with E-state index in [1.54, 1.807) is 0 Å². The second kappa shape index (κ2) is 11.8. The highest BCUT2D eigenvalue weighted by atomic mass is 16.3. The van der Waals surface area contributed by atoms with E-state index < -0.39 is 0 Å². The van der Waals surface area contributed by atoms with Crippen molar-refractivity contribution in [2.75, 3.05) is 5.43 Å². The van der Waals surface area contributed by atoms with E-state index in [1.165, 1.54) is 0 Å². The van der Waals surface area contributed by atoms with Gasteiger partial charge in [0.2, 0.25) is 0 Å². The number of furan rings is 1. The van der Waals surface area contributed by atoms with Gasteiger partial charge in [0.05, 0.1) is 11.0 Å². The molecule has 0 bridgehead atoms. The number of aliphatic imine (C=N–C) groups is 1. The van der Waals surface area contributed by atoms with Gasteiger partial charge in [-0.3, -0.25) is 15.5 Å². The Bertz CT molecular complexity index is 2690. The Labute approximate surface area is 282 Å². The smallest absolute Gasteiger partial charge is 0.154 e. The van der Waals surface area contributed by atoms with Crippen LogP contribution in [0.2, 0.25) is 0 Å². The first-order chi connectivity index (χ1) is 24.2. The monoisotopic (exact) mass is 630 g/mol. The summed E-state index contributed by atoms with van der Waals surface area (Å²) in [6, 6.07) is 57.6. The van der Waals surface area contributed by atoms with Crippen LogP contribution in [0.1, 0.15) is 11.1 Å². The highest BCUT2D eigenvalue weighted by molar-refractivity contribution is 6.19. The zero-order valence-electron chi connectivity index (χ0n) is 26.5. The molecular formula is C44H30N4O. The molecule has 2 heterocycles. The van der Waals surface area contributed by atoms with Gasteiger partial charge in [0.25, 0.3) is 0 Å². The summed E-state index contributed by atoms with van der Waals surface area (Å²) in [5.41, 5.74) is 13.1. The zero-order valence-corrected chi connectivity index (χ0v) is 26.5. The molecule has 0 unspecified atom stereocenters. The molecule has 2 aromatic heterocycles. The standard InChI is InChI=1S/C44H30N4O/c45-43(32-27-37(30-17-6-2-7-18-30)41-36-22-11-13-26-39(36)49-40(41)28-32)46-44(31-19-8-3-9-20-31)47-48-38-25-12-10-21-34(38)35-24-14-23-33(42(35)48)29-15-4-1-5-16-29/h1-28H,(H2,45,46,47). The molecule has 0 spiro atoms. The fraction of sp³-hybridized carbons (Fsp3) is 0. The summed E-state index contributed by atoms with van der Waals surface area (Å²) in [7, 11) is 0. The molecule has 0 aliphatic rings. The Kier molecular flexibility index (Phi) is 6.87. The van der Waals surface area contributed by atoms with Crippen LogP contribution >= 0.6 is 0 Å². The van der Waals surface area contributed by atoms with E-state index in [0.29, 0.717) is 11.4 Å². The van der Waals surface area contributed by atoms with Gasteiger partial charge in [0, 0.05) is 38.2 Å². The minimum atomic E-state index is 0.120. The third-order valence-electron chi connectivity index (χ3n) is 9.10. The zero-order chi connectivity index (χ0) is 32.7. The summed E-state index contributed by atoms with van der Waals surface area (Å²) in [6.07, 6.45) is 0. The topological polar surface area (TPSA) is 66.3 Å². The average molecular weight is 631 g/mol. The number of nitrogens with one attached hydrogen (secondary N) is 2. The molecule has 0 radical (unpaired) electrons. The summed E-state index contributed by atoms with van der Waals surface area (Å²) in [5.74, 6) is 0.678. The first-order valence-electron chi connectivity index (χ1n) is 16.3. The van der Waals surface area contributed by atoms with Gasteiger partial charge in [-0.25, -0.2) is 4.99 Å². The highest BCUT2D eigenvalue weighted by Gasteiger charge is 2.19. The van der Waals surface area contributed by atoms with Crippen molar-refractivity contribution in [2.45, 2.75) is 0 Å². The van der Waals surface area contributed by atoms with Crippen LogP contribution in [-0.2, 0) is 0 Å². The lowest BCUT2D eigenvalue weighted by molar-refractivity contribution is 0.669. The van der Waals surface area contributed by atoms with Crippen molar-refractivity contribution in [1.29, 1.82) is 5.41 Å². The molecule has 232 valence electrons. The lowest BCUT2D eigenvalue weighted by Gasteiger charge is -2.16. The largest absolute Gasteiger partial charge is 0.456 e. The van der Waals surface area contributed by atoms with E-state index in [-0.39, 0.29) is 5.84 Å². The number of aromatic nitrogens is 1. The maximum atomic E-state index is 9.43. The van der Waals surface area contributed by atoms with Crippen molar-refractivity contribution in [3.8, 4) is 22.3 Å². The predicted molar refractivity (Wildman–Crippen MR) is 203 cm³/mol. The molecule has 7 aromatic carbocycles. The molecule has 0 fully saturated rings.